The molecule has 15 heavy (non-hydrogen) atoms. The molecule has 1 aliphatic rings. The van der Waals surface area contributed by atoms with Gasteiger partial charge in [-0.05, 0) is 28.1 Å². The van der Waals surface area contributed by atoms with Crippen molar-refractivity contribution in [1.82, 2.24) is 5.32 Å². The number of nitrogens with one attached hydrogen (secondary N) is 2. The fourth-order valence-electron chi connectivity index (χ4n) is 1.34. The maximum atomic E-state index is 5.15. The van der Waals surface area contributed by atoms with E-state index in [9.17, 15) is 0 Å². The number of nitrogens with zero attached hydrogens (tertiary/aromatic N) is 1. The molecule has 2 rings (SSSR count). The van der Waals surface area contributed by atoms with Crippen LogP contribution in [0.5, 0.6) is 5.75 Å². The molecule has 80 valence electrons. The Morgan fingerprint density at radius 3 is 3.07 bits per heavy atom. The third-order valence-corrected chi connectivity index (χ3v) is 2.79. The van der Waals surface area contributed by atoms with E-state index in [1.807, 2.05) is 18.2 Å². The first-order valence-electron chi connectivity index (χ1n) is 4.68. The van der Waals surface area contributed by atoms with Crippen LogP contribution in [-0.2, 0) is 0 Å². The van der Waals surface area contributed by atoms with Gasteiger partial charge in [0, 0.05) is 17.1 Å². The molecule has 0 spiro atoms. The summed E-state index contributed by atoms with van der Waals surface area (Å²) in [6.45, 7) is 1.72. The predicted molar refractivity (Wildman–Crippen MR) is 64.6 cm³/mol. The molecule has 1 aromatic carbocycles. The molecule has 0 aromatic heterocycles. The van der Waals surface area contributed by atoms with Crippen molar-refractivity contribution >= 4 is 27.6 Å². The van der Waals surface area contributed by atoms with Gasteiger partial charge in [-0.2, -0.15) is 0 Å². The molecule has 0 saturated heterocycles. The van der Waals surface area contributed by atoms with Crippen LogP contribution < -0.4 is 15.4 Å². The number of anilines is 1. The number of methoxy groups -OCH3 is 1. The first-order valence-corrected chi connectivity index (χ1v) is 5.48. The minimum absolute atomic E-state index is 0.809. The maximum Gasteiger partial charge on any atom is 0.195 e. The fraction of sp³-hybridized carbons (Fsp3) is 0.300. The van der Waals surface area contributed by atoms with Gasteiger partial charge in [0.2, 0.25) is 0 Å². The van der Waals surface area contributed by atoms with Crippen molar-refractivity contribution in [3.8, 4) is 5.75 Å². The van der Waals surface area contributed by atoms with Crippen LogP contribution >= 0.6 is 15.9 Å². The second kappa shape index (κ2) is 4.53. The number of benzene rings is 1. The first kappa shape index (κ1) is 10.3. The predicted octanol–water partition coefficient (Wildman–Crippen LogP) is 1.83. The van der Waals surface area contributed by atoms with Crippen molar-refractivity contribution in [3.63, 3.8) is 0 Å². The zero-order valence-corrected chi connectivity index (χ0v) is 9.97. The third-order valence-electron chi connectivity index (χ3n) is 2.10. The van der Waals surface area contributed by atoms with Crippen molar-refractivity contribution in [1.29, 1.82) is 0 Å². The SMILES string of the molecule is COc1ccc(Br)c(NC2=NCCN2)c1. The van der Waals surface area contributed by atoms with E-state index in [1.54, 1.807) is 7.11 Å². The smallest absolute Gasteiger partial charge is 0.195 e. The van der Waals surface area contributed by atoms with Crippen molar-refractivity contribution < 1.29 is 4.74 Å². The van der Waals surface area contributed by atoms with Crippen molar-refractivity contribution in [2.45, 2.75) is 0 Å². The Morgan fingerprint density at radius 1 is 1.53 bits per heavy atom. The van der Waals surface area contributed by atoms with Gasteiger partial charge in [-0.15, -0.1) is 0 Å². The van der Waals surface area contributed by atoms with Crippen LogP contribution in [-0.4, -0.2) is 26.2 Å². The summed E-state index contributed by atoms with van der Waals surface area (Å²) in [6, 6.07) is 5.77. The lowest BCUT2D eigenvalue weighted by atomic mass is 10.3. The van der Waals surface area contributed by atoms with Crippen LogP contribution in [0.3, 0.4) is 0 Å². The average Bonchev–Trinajstić information content (AvgIpc) is 2.74. The molecule has 0 radical (unpaired) electrons. The van der Waals surface area contributed by atoms with E-state index >= 15 is 0 Å². The Hall–Kier alpha value is -1.23. The monoisotopic (exact) mass is 269 g/mol. The van der Waals surface area contributed by atoms with Crippen molar-refractivity contribution in [3.05, 3.63) is 22.7 Å². The number of ether oxygens (including phenoxy) is 1. The van der Waals surface area contributed by atoms with E-state index < -0.39 is 0 Å². The Morgan fingerprint density at radius 2 is 2.40 bits per heavy atom. The molecule has 4 nitrogen and oxygen atoms in total. The van der Waals surface area contributed by atoms with Gasteiger partial charge in [0.1, 0.15) is 5.75 Å². The molecular formula is C10H12BrN3O. The second-order valence-electron chi connectivity index (χ2n) is 3.13. The highest BCUT2D eigenvalue weighted by molar-refractivity contribution is 9.10. The lowest BCUT2D eigenvalue weighted by Crippen LogP contribution is -2.26. The van der Waals surface area contributed by atoms with E-state index in [-0.39, 0.29) is 0 Å². The molecule has 0 bridgehead atoms. The van der Waals surface area contributed by atoms with Crippen molar-refractivity contribution in [2.24, 2.45) is 4.99 Å². The van der Waals surface area contributed by atoms with Gasteiger partial charge < -0.3 is 15.4 Å². The molecule has 0 amide bonds. The molecule has 0 saturated carbocycles. The van der Waals surface area contributed by atoms with Gasteiger partial charge >= 0.3 is 0 Å². The molecular weight excluding hydrogens is 258 g/mol. The Kier molecular flexibility index (Phi) is 3.11. The summed E-state index contributed by atoms with van der Waals surface area (Å²) >= 11 is 3.47. The van der Waals surface area contributed by atoms with Crippen LogP contribution in [0.1, 0.15) is 0 Å². The van der Waals surface area contributed by atoms with Gasteiger partial charge in [0.25, 0.3) is 0 Å². The molecule has 0 aliphatic carbocycles. The number of aliphatic imine (C=N–C) groups is 1. The topological polar surface area (TPSA) is 45.6 Å². The highest BCUT2D eigenvalue weighted by atomic mass is 79.9. The van der Waals surface area contributed by atoms with Gasteiger partial charge in [-0.1, -0.05) is 0 Å². The number of hydrogen-bond acceptors (Lipinski definition) is 4. The summed E-state index contributed by atoms with van der Waals surface area (Å²) in [6.07, 6.45) is 0. The maximum absolute atomic E-state index is 5.15. The van der Waals surface area contributed by atoms with Crippen LogP contribution in [0.15, 0.2) is 27.7 Å². The van der Waals surface area contributed by atoms with Crippen LogP contribution in [0.4, 0.5) is 5.69 Å². The molecule has 2 N–H and O–H groups in total. The summed E-state index contributed by atoms with van der Waals surface area (Å²) < 4.78 is 6.14. The second-order valence-corrected chi connectivity index (χ2v) is 3.98. The molecule has 0 fully saturated rings. The molecule has 5 heteroatoms. The minimum Gasteiger partial charge on any atom is -0.497 e. The highest BCUT2D eigenvalue weighted by Gasteiger charge is 2.07. The Bertz CT molecular complexity index is 392. The van der Waals surface area contributed by atoms with Crippen molar-refractivity contribution in [2.75, 3.05) is 25.5 Å². The van der Waals surface area contributed by atoms with Crippen LogP contribution in [0.2, 0.25) is 0 Å². The van der Waals surface area contributed by atoms with Gasteiger partial charge in [0.05, 0.1) is 19.3 Å². The lowest BCUT2D eigenvalue weighted by Gasteiger charge is -2.10. The van der Waals surface area contributed by atoms with E-state index in [0.717, 1.165) is 35.0 Å². The first-order chi connectivity index (χ1) is 7.29. The van der Waals surface area contributed by atoms with Gasteiger partial charge in [-0.25, -0.2) is 0 Å². The van der Waals surface area contributed by atoms with E-state index in [1.165, 1.54) is 0 Å². The van der Waals surface area contributed by atoms with E-state index in [2.05, 4.69) is 31.6 Å². The minimum atomic E-state index is 0.809. The number of rotatable bonds is 2. The summed E-state index contributed by atoms with van der Waals surface area (Å²) in [5.41, 5.74) is 0.947. The zero-order chi connectivity index (χ0) is 10.7. The summed E-state index contributed by atoms with van der Waals surface area (Å²) in [5.74, 6) is 1.63. The normalized spacial score (nSPS) is 14.4. The van der Waals surface area contributed by atoms with E-state index in [4.69, 9.17) is 4.74 Å². The van der Waals surface area contributed by atoms with E-state index in [0.29, 0.717) is 0 Å². The number of hydrogen-bond donors (Lipinski definition) is 2. The number of halogens is 1. The van der Waals surface area contributed by atoms with Crippen LogP contribution in [0, 0.1) is 0 Å². The molecule has 1 aliphatic heterocycles. The summed E-state index contributed by atoms with van der Waals surface area (Å²) in [4.78, 5) is 4.26. The van der Waals surface area contributed by atoms with Gasteiger partial charge in [-0.3, -0.25) is 4.99 Å². The summed E-state index contributed by atoms with van der Waals surface area (Å²) in [5, 5.41) is 6.34. The average molecular weight is 270 g/mol. The molecule has 0 atom stereocenters. The molecule has 1 heterocycles. The standard InChI is InChI=1S/C10H12BrN3O/c1-15-7-2-3-8(11)9(6-7)14-10-12-4-5-13-10/h2-3,6H,4-5H2,1H3,(H2,12,13,14). The molecule has 0 unspecified atom stereocenters. The third kappa shape index (κ3) is 2.41. The largest absolute Gasteiger partial charge is 0.497 e. The highest BCUT2D eigenvalue weighted by Crippen LogP contribution is 2.27. The number of guanidine groups is 1. The zero-order valence-electron chi connectivity index (χ0n) is 8.38. The fourth-order valence-corrected chi connectivity index (χ4v) is 1.68. The Balaban J connectivity index is 2.18. The van der Waals surface area contributed by atoms with Gasteiger partial charge in [0.15, 0.2) is 5.96 Å². The quantitative estimate of drug-likeness (QED) is 0.861. The summed E-state index contributed by atoms with van der Waals surface area (Å²) in [7, 11) is 1.65. The molecule has 1 aromatic rings. The van der Waals surface area contributed by atoms with Crippen LogP contribution in [0.25, 0.3) is 0 Å². The lowest BCUT2D eigenvalue weighted by molar-refractivity contribution is 0.415. The Labute approximate surface area is 96.9 Å².